The van der Waals surface area contributed by atoms with E-state index in [4.69, 9.17) is 16.2 Å². The second-order valence-corrected chi connectivity index (χ2v) is 8.43. The van der Waals surface area contributed by atoms with Crippen molar-refractivity contribution >= 4 is 23.5 Å². The van der Waals surface area contributed by atoms with Gasteiger partial charge in [0, 0.05) is 48.8 Å². The number of carbonyl (C=O) groups is 1. The Morgan fingerprint density at radius 3 is 2.62 bits per heavy atom. The number of anilines is 1. The van der Waals surface area contributed by atoms with E-state index in [1.807, 2.05) is 0 Å². The molecule has 0 radical (unpaired) electrons. The number of pyridine rings is 1. The Labute approximate surface area is 190 Å². The molecule has 32 heavy (non-hydrogen) atoms. The second-order valence-electron chi connectivity index (χ2n) is 8.43. The number of aryl methyl sites for hydroxylation is 2. The zero-order chi connectivity index (χ0) is 23.3. The summed E-state index contributed by atoms with van der Waals surface area (Å²) in [5.41, 5.74) is 17.1. The maximum atomic E-state index is 13.0. The Kier molecular flexibility index (Phi) is 7.51. The van der Waals surface area contributed by atoms with Gasteiger partial charge >= 0.3 is 0 Å². The van der Waals surface area contributed by atoms with Crippen molar-refractivity contribution < 1.29 is 9.53 Å². The molecule has 7 heteroatoms. The molecule has 1 saturated carbocycles. The zero-order valence-electron chi connectivity index (χ0n) is 19.3. The topological polar surface area (TPSA) is 116 Å². The van der Waals surface area contributed by atoms with Crippen LogP contribution in [0.5, 0.6) is 5.75 Å². The number of rotatable bonds is 7. The first-order valence-electron chi connectivity index (χ1n) is 11.0. The molecule has 5 N–H and O–H groups in total. The van der Waals surface area contributed by atoms with Gasteiger partial charge in [-0.15, -0.1) is 0 Å². The molecule has 1 heterocycles. The van der Waals surface area contributed by atoms with E-state index in [9.17, 15) is 4.79 Å². The van der Waals surface area contributed by atoms with Crippen molar-refractivity contribution in [1.82, 2.24) is 10.3 Å². The Balaban J connectivity index is 1.69. The van der Waals surface area contributed by atoms with Gasteiger partial charge in [0.1, 0.15) is 11.6 Å². The fourth-order valence-electron chi connectivity index (χ4n) is 4.12. The highest BCUT2D eigenvalue weighted by molar-refractivity contribution is 6.10. The van der Waals surface area contributed by atoms with Crippen LogP contribution in [-0.4, -0.2) is 36.8 Å². The highest BCUT2D eigenvalue weighted by atomic mass is 16.5. The van der Waals surface area contributed by atoms with Gasteiger partial charge in [0.15, 0.2) is 0 Å². The highest BCUT2D eigenvalue weighted by Gasteiger charge is 2.30. The van der Waals surface area contributed by atoms with Crippen LogP contribution >= 0.6 is 0 Å². The number of aliphatic imine (C=N–C) groups is 1. The molecule has 1 aliphatic rings. The summed E-state index contributed by atoms with van der Waals surface area (Å²) in [6.07, 6.45) is 7.61. The van der Waals surface area contributed by atoms with E-state index >= 15 is 0 Å². The molecule has 170 valence electrons. The van der Waals surface area contributed by atoms with Crippen molar-refractivity contribution in [2.75, 3.05) is 19.4 Å². The fraction of sp³-hybridized carbons (Fsp3) is 0.400. The number of benzene rings is 1. The van der Waals surface area contributed by atoms with E-state index in [1.165, 1.54) is 22.9 Å². The van der Waals surface area contributed by atoms with Crippen LogP contribution in [0.2, 0.25) is 0 Å². The molecule has 2 atom stereocenters. The summed E-state index contributed by atoms with van der Waals surface area (Å²) in [5, 5.41) is 3.15. The minimum absolute atomic E-state index is 0.0277. The first-order chi connectivity index (χ1) is 15.3. The van der Waals surface area contributed by atoms with Crippen molar-refractivity contribution in [1.29, 1.82) is 0 Å². The van der Waals surface area contributed by atoms with E-state index in [0.29, 0.717) is 23.3 Å². The predicted octanol–water partition coefficient (Wildman–Crippen LogP) is 3.57. The number of amides is 1. The lowest BCUT2D eigenvalue weighted by molar-refractivity contribution is 0.0919. The first-order valence-corrected chi connectivity index (χ1v) is 11.0. The van der Waals surface area contributed by atoms with Crippen LogP contribution in [0, 0.1) is 26.7 Å². The van der Waals surface area contributed by atoms with E-state index in [2.05, 4.69) is 48.2 Å². The van der Waals surface area contributed by atoms with E-state index in [0.717, 1.165) is 25.0 Å². The standard InChI is InChI=1S/C25H33N5O2/c1-15-8-21(9-16(2)17(15)3)32-14-18-6-5-7-23(18)30-25(31)22-10-19(13-29-24(22)27)20(11-26)12-28-4/h8-13,18,23H,5-7,14,26H2,1-4H3,(H2,27,29)(H,30,31)/t18-,23+/m1/s1. The number of ether oxygens (including phenoxy) is 1. The molecule has 1 fully saturated rings. The first kappa shape index (κ1) is 23.3. The third-order valence-electron chi connectivity index (χ3n) is 6.28. The molecule has 1 aliphatic carbocycles. The number of nitrogen functional groups attached to an aromatic ring is 1. The van der Waals surface area contributed by atoms with Gasteiger partial charge in [-0.25, -0.2) is 4.98 Å². The number of nitrogens with zero attached hydrogens (tertiary/aromatic N) is 2. The van der Waals surface area contributed by atoms with Crippen LogP contribution < -0.4 is 21.5 Å². The van der Waals surface area contributed by atoms with Crippen LogP contribution in [0.15, 0.2) is 35.6 Å². The molecule has 3 rings (SSSR count). The number of hydrogen-bond donors (Lipinski definition) is 3. The molecule has 0 bridgehead atoms. The number of carbonyl (C=O) groups excluding carboxylic acids is 1. The molecule has 0 aliphatic heterocycles. The van der Waals surface area contributed by atoms with E-state index in [-0.39, 0.29) is 23.7 Å². The minimum atomic E-state index is -0.236. The molecule has 0 saturated heterocycles. The van der Waals surface area contributed by atoms with Gasteiger partial charge in [0.05, 0.1) is 12.2 Å². The molecule has 2 aromatic rings. The van der Waals surface area contributed by atoms with Crippen molar-refractivity contribution in [2.24, 2.45) is 16.6 Å². The van der Waals surface area contributed by atoms with Gasteiger partial charge in [-0.2, -0.15) is 0 Å². The lowest BCUT2D eigenvalue weighted by Gasteiger charge is -2.22. The predicted molar refractivity (Wildman–Crippen MR) is 130 cm³/mol. The summed E-state index contributed by atoms with van der Waals surface area (Å²) in [7, 11) is 1.66. The maximum Gasteiger partial charge on any atom is 0.255 e. The van der Waals surface area contributed by atoms with Gasteiger partial charge in [-0.3, -0.25) is 9.79 Å². The molecular weight excluding hydrogens is 402 g/mol. The van der Waals surface area contributed by atoms with Gasteiger partial charge < -0.3 is 21.5 Å². The average Bonchev–Trinajstić information content (AvgIpc) is 3.21. The number of nitrogens with one attached hydrogen (secondary N) is 1. The average molecular weight is 436 g/mol. The summed E-state index contributed by atoms with van der Waals surface area (Å²) in [5.74, 6) is 1.07. The monoisotopic (exact) mass is 435 g/mol. The smallest absolute Gasteiger partial charge is 0.255 e. The van der Waals surface area contributed by atoms with Gasteiger partial charge in [-0.1, -0.05) is 6.42 Å². The second kappa shape index (κ2) is 10.3. The van der Waals surface area contributed by atoms with Gasteiger partial charge in [-0.05, 0) is 68.5 Å². The molecule has 0 spiro atoms. The fourth-order valence-corrected chi connectivity index (χ4v) is 4.12. The number of nitrogens with two attached hydrogens (primary N) is 2. The SMILES string of the molecule is CN=CC(=CN)c1cnc(N)c(C(=O)N[C@H]2CCC[C@@H]2COc2cc(C)c(C)c(C)c2)c1. The number of allylic oxidation sites excluding steroid dienone is 1. The Bertz CT molecular complexity index is 1020. The zero-order valence-corrected chi connectivity index (χ0v) is 19.3. The molecular formula is C25H33N5O2. The van der Waals surface area contributed by atoms with E-state index < -0.39 is 0 Å². The van der Waals surface area contributed by atoms with Crippen LogP contribution in [0.1, 0.15) is 51.9 Å². The lowest BCUT2D eigenvalue weighted by atomic mass is 10.0. The maximum absolute atomic E-state index is 13.0. The molecule has 1 aromatic carbocycles. The van der Waals surface area contributed by atoms with Crippen molar-refractivity contribution in [2.45, 2.75) is 46.1 Å². The quantitative estimate of drug-likeness (QED) is 0.575. The normalized spacial score (nSPS) is 18.8. The lowest BCUT2D eigenvalue weighted by Crippen LogP contribution is -2.39. The van der Waals surface area contributed by atoms with Crippen LogP contribution in [0.25, 0.3) is 5.57 Å². The number of hydrogen-bond acceptors (Lipinski definition) is 6. The van der Waals surface area contributed by atoms with Crippen LogP contribution in [-0.2, 0) is 0 Å². The summed E-state index contributed by atoms with van der Waals surface area (Å²) in [6, 6.07) is 5.88. The summed E-state index contributed by atoms with van der Waals surface area (Å²) < 4.78 is 6.12. The summed E-state index contributed by atoms with van der Waals surface area (Å²) in [4.78, 5) is 21.2. The van der Waals surface area contributed by atoms with Crippen molar-refractivity contribution in [3.05, 3.63) is 58.4 Å². The van der Waals surface area contributed by atoms with Crippen LogP contribution in [0.3, 0.4) is 0 Å². The van der Waals surface area contributed by atoms with Gasteiger partial charge in [0.25, 0.3) is 5.91 Å². The molecule has 1 amide bonds. The summed E-state index contributed by atoms with van der Waals surface area (Å²) in [6.45, 7) is 6.87. The molecule has 0 unspecified atom stereocenters. The highest BCUT2D eigenvalue weighted by Crippen LogP contribution is 2.28. The largest absolute Gasteiger partial charge is 0.493 e. The minimum Gasteiger partial charge on any atom is -0.493 e. The Morgan fingerprint density at radius 1 is 1.25 bits per heavy atom. The Hall–Kier alpha value is -3.35. The van der Waals surface area contributed by atoms with Crippen molar-refractivity contribution in [3.63, 3.8) is 0 Å². The molecule has 1 aromatic heterocycles. The third-order valence-corrected chi connectivity index (χ3v) is 6.28. The van der Waals surface area contributed by atoms with Gasteiger partial charge in [0.2, 0.25) is 0 Å². The summed E-state index contributed by atoms with van der Waals surface area (Å²) >= 11 is 0. The number of aromatic nitrogens is 1. The third kappa shape index (κ3) is 5.28. The molecule has 7 nitrogen and oxygen atoms in total. The van der Waals surface area contributed by atoms with Crippen LogP contribution in [0.4, 0.5) is 5.82 Å². The van der Waals surface area contributed by atoms with Crippen molar-refractivity contribution in [3.8, 4) is 5.75 Å². The Morgan fingerprint density at radius 2 is 1.97 bits per heavy atom. The van der Waals surface area contributed by atoms with E-state index in [1.54, 1.807) is 25.5 Å².